The van der Waals surface area contributed by atoms with Crippen molar-refractivity contribution in [2.45, 2.75) is 44.1 Å². The summed E-state index contributed by atoms with van der Waals surface area (Å²) in [5, 5.41) is 18.1. The highest BCUT2D eigenvalue weighted by Crippen LogP contribution is 2.32. The van der Waals surface area contributed by atoms with E-state index in [1.54, 1.807) is 0 Å². The molecule has 0 aliphatic carbocycles. The van der Waals surface area contributed by atoms with Gasteiger partial charge in [0.1, 0.15) is 11.6 Å². The van der Waals surface area contributed by atoms with Crippen molar-refractivity contribution in [3.8, 4) is 0 Å². The van der Waals surface area contributed by atoms with E-state index in [1.165, 1.54) is 0 Å². The first-order valence-electron chi connectivity index (χ1n) is 6.52. The Morgan fingerprint density at radius 1 is 1.24 bits per heavy atom. The molecule has 0 radical (unpaired) electrons. The molecule has 1 saturated heterocycles. The predicted molar refractivity (Wildman–Crippen MR) is 61.9 cm³/mol. The number of aromatic nitrogens is 3. The van der Waals surface area contributed by atoms with Gasteiger partial charge in [-0.15, -0.1) is 10.2 Å². The molecule has 1 fully saturated rings. The number of aliphatic hydroxyl groups excluding tert-OH is 1. The van der Waals surface area contributed by atoms with Crippen LogP contribution in [0.15, 0.2) is 0 Å². The van der Waals surface area contributed by atoms with E-state index in [9.17, 15) is 5.11 Å². The van der Waals surface area contributed by atoms with E-state index in [1.807, 2.05) is 0 Å². The Labute approximate surface area is 101 Å². The molecule has 0 aromatic carbocycles. The van der Waals surface area contributed by atoms with Gasteiger partial charge < -0.3 is 14.4 Å². The molecule has 1 aromatic rings. The van der Waals surface area contributed by atoms with Crippen LogP contribution in [-0.2, 0) is 11.2 Å². The maximum Gasteiger partial charge on any atom is 0.136 e. The molecule has 0 saturated carbocycles. The lowest BCUT2D eigenvalue weighted by atomic mass is 9.97. The zero-order valence-corrected chi connectivity index (χ0v) is 10.0. The maximum atomic E-state index is 9.48. The molecular formula is C12H19N3O2. The second-order valence-electron chi connectivity index (χ2n) is 4.96. The molecule has 1 N–H and O–H groups in total. The lowest BCUT2D eigenvalue weighted by molar-refractivity contribution is 0.0814. The van der Waals surface area contributed by atoms with Crippen LogP contribution in [0, 0.1) is 0 Å². The third kappa shape index (κ3) is 1.98. The number of hydrogen-bond donors (Lipinski definition) is 1. The lowest BCUT2D eigenvalue weighted by Crippen LogP contribution is -2.26. The molecule has 3 heterocycles. The summed E-state index contributed by atoms with van der Waals surface area (Å²) in [5.41, 5.74) is 0. The van der Waals surface area contributed by atoms with Crippen molar-refractivity contribution in [3.05, 3.63) is 11.6 Å². The third-order valence-electron chi connectivity index (χ3n) is 3.89. The normalized spacial score (nSPS) is 25.8. The summed E-state index contributed by atoms with van der Waals surface area (Å²) in [6.07, 6.45) is 5.19. The topological polar surface area (TPSA) is 60.2 Å². The van der Waals surface area contributed by atoms with Crippen LogP contribution < -0.4 is 0 Å². The van der Waals surface area contributed by atoms with Gasteiger partial charge in [-0.3, -0.25) is 0 Å². The average molecular weight is 237 g/mol. The first-order chi connectivity index (χ1) is 8.40. The molecule has 0 spiro atoms. The number of fused-ring (bicyclic) bond motifs is 1. The number of aryl methyl sites for hydroxylation is 1. The summed E-state index contributed by atoms with van der Waals surface area (Å²) in [7, 11) is 0. The van der Waals surface area contributed by atoms with E-state index in [0.717, 1.165) is 57.0 Å². The Bertz CT molecular complexity index is 385. The number of aliphatic hydroxyl groups is 1. The lowest BCUT2D eigenvalue weighted by Gasteiger charge is -2.28. The van der Waals surface area contributed by atoms with Crippen molar-refractivity contribution >= 4 is 0 Å². The smallest absolute Gasteiger partial charge is 0.136 e. The molecule has 3 rings (SSSR count). The van der Waals surface area contributed by atoms with E-state index in [-0.39, 0.29) is 12.6 Å². The van der Waals surface area contributed by atoms with Gasteiger partial charge in [0.05, 0.1) is 12.6 Å². The van der Waals surface area contributed by atoms with Crippen molar-refractivity contribution in [1.29, 1.82) is 0 Å². The van der Waals surface area contributed by atoms with E-state index in [4.69, 9.17) is 4.74 Å². The van der Waals surface area contributed by atoms with Crippen LogP contribution in [-0.4, -0.2) is 39.7 Å². The number of nitrogens with zero attached hydrogens (tertiary/aromatic N) is 3. The summed E-state index contributed by atoms with van der Waals surface area (Å²) in [4.78, 5) is 0. The van der Waals surface area contributed by atoms with Crippen LogP contribution in [0.2, 0.25) is 0 Å². The van der Waals surface area contributed by atoms with Crippen LogP contribution in [0.25, 0.3) is 0 Å². The predicted octanol–water partition coefficient (Wildman–Crippen LogP) is 1.04. The second kappa shape index (κ2) is 4.74. The molecule has 94 valence electrons. The highest BCUT2D eigenvalue weighted by atomic mass is 16.5. The monoisotopic (exact) mass is 237 g/mol. The van der Waals surface area contributed by atoms with Gasteiger partial charge in [-0.1, -0.05) is 0 Å². The first-order valence-corrected chi connectivity index (χ1v) is 6.52. The van der Waals surface area contributed by atoms with Crippen molar-refractivity contribution < 1.29 is 9.84 Å². The Morgan fingerprint density at radius 3 is 2.82 bits per heavy atom. The molecular weight excluding hydrogens is 218 g/mol. The molecule has 5 heteroatoms. The fourth-order valence-electron chi connectivity index (χ4n) is 2.94. The largest absolute Gasteiger partial charge is 0.394 e. The number of hydrogen-bond acceptors (Lipinski definition) is 4. The summed E-state index contributed by atoms with van der Waals surface area (Å²) >= 11 is 0. The van der Waals surface area contributed by atoms with Gasteiger partial charge in [-0.25, -0.2) is 0 Å². The standard InChI is InChI=1S/C12H19N3O2/c16-8-10-2-1-3-11-13-14-12(15(10)11)9-4-6-17-7-5-9/h9-10,16H,1-8H2. The van der Waals surface area contributed by atoms with Gasteiger partial charge in [0.2, 0.25) is 0 Å². The van der Waals surface area contributed by atoms with E-state index in [0.29, 0.717) is 5.92 Å². The van der Waals surface area contributed by atoms with Gasteiger partial charge in [0.25, 0.3) is 0 Å². The van der Waals surface area contributed by atoms with E-state index >= 15 is 0 Å². The Balaban J connectivity index is 1.91. The van der Waals surface area contributed by atoms with Gasteiger partial charge >= 0.3 is 0 Å². The quantitative estimate of drug-likeness (QED) is 0.835. The molecule has 1 aromatic heterocycles. The maximum absolute atomic E-state index is 9.48. The fourth-order valence-corrected chi connectivity index (χ4v) is 2.94. The molecule has 2 aliphatic heterocycles. The van der Waals surface area contributed by atoms with Crippen molar-refractivity contribution in [1.82, 2.24) is 14.8 Å². The summed E-state index contributed by atoms with van der Waals surface area (Å²) < 4.78 is 7.58. The summed E-state index contributed by atoms with van der Waals surface area (Å²) in [5.74, 6) is 2.58. The third-order valence-corrected chi connectivity index (χ3v) is 3.89. The Morgan fingerprint density at radius 2 is 2.06 bits per heavy atom. The van der Waals surface area contributed by atoms with Crippen molar-refractivity contribution in [3.63, 3.8) is 0 Å². The minimum atomic E-state index is 0.187. The molecule has 5 nitrogen and oxygen atoms in total. The second-order valence-corrected chi connectivity index (χ2v) is 4.96. The van der Waals surface area contributed by atoms with Crippen molar-refractivity contribution in [2.24, 2.45) is 0 Å². The van der Waals surface area contributed by atoms with Crippen LogP contribution in [0.5, 0.6) is 0 Å². The van der Waals surface area contributed by atoms with Crippen LogP contribution in [0.4, 0.5) is 0 Å². The zero-order chi connectivity index (χ0) is 11.7. The van der Waals surface area contributed by atoms with Crippen LogP contribution in [0.3, 0.4) is 0 Å². The highest BCUT2D eigenvalue weighted by molar-refractivity contribution is 5.07. The number of ether oxygens (including phenoxy) is 1. The van der Waals surface area contributed by atoms with E-state index in [2.05, 4.69) is 14.8 Å². The van der Waals surface area contributed by atoms with Gasteiger partial charge in [-0.2, -0.15) is 0 Å². The molecule has 17 heavy (non-hydrogen) atoms. The number of rotatable bonds is 2. The fraction of sp³-hybridized carbons (Fsp3) is 0.833. The Hall–Kier alpha value is -0.940. The average Bonchev–Trinajstić information content (AvgIpc) is 2.83. The molecule has 2 aliphatic rings. The summed E-state index contributed by atoms with van der Waals surface area (Å²) in [6.45, 7) is 1.83. The van der Waals surface area contributed by atoms with E-state index < -0.39 is 0 Å². The Kier molecular flexibility index (Phi) is 3.11. The molecule has 0 amide bonds. The van der Waals surface area contributed by atoms with Crippen molar-refractivity contribution in [2.75, 3.05) is 19.8 Å². The SMILES string of the molecule is OCC1CCCc2nnc(C3CCOCC3)n21. The minimum absolute atomic E-state index is 0.187. The van der Waals surface area contributed by atoms with Crippen LogP contribution in [0.1, 0.15) is 49.3 Å². The zero-order valence-electron chi connectivity index (χ0n) is 10.0. The van der Waals surface area contributed by atoms with Gasteiger partial charge in [0.15, 0.2) is 0 Å². The van der Waals surface area contributed by atoms with Crippen LogP contribution >= 0.6 is 0 Å². The molecule has 0 bridgehead atoms. The van der Waals surface area contributed by atoms with Gasteiger partial charge in [-0.05, 0) is 25.7 Å². The molecule has 1 atom stereocenters. The highest BCUT2D eigenvalue weighted by Gasteiger charge is 2.29. The van der Waals surface area contributed by atoms with Gasteiger partial charge in [0, 0.05) is 25.6 Å². The first kappa shape index (κ1) is 11.2. The molecule has 1 unspecified atom stereocenters. The minimum Gasteiger partial charge on any atom is -0.394 e. The summed E-state index contributed by atoms with van der Waals surface area (Å²) in [6, 6.07) is 0.187.